The van der Waals surface area contributed by atoms with Crippen molar-refractivity contribution in [2.45, 2.75) is 5.41 Å². The number of ether oxygens (including phenoxy) is 1. The minimum atomic E-state index is -0.625. The number of fused-ring (bicyclic) bond motifs is 3. The normalized spacial score (nSPS) is 12.6. The van der Waals surface area contributed by atoms with Gasteiger partial charge in [0, 0.05) is 37.9 Å². The van der Waals surface area contributed by atoms with Crippen LogP contribution in [0, 0.1) is 12.3 Å². The van der Waals surface area contributed by atoms with E-state index in [1.54, 1.807) is 6.20 Å². The zero-order chi connectivity index (χ0) is 27.1. The third kappa shape index (κ3) is 4.47. The second-order valence-corrected chi connectivity index (χ2v) is 10.0. The van der Waals surface area contributed by atoms with Crippen LogP contribution < -0.4 is 9.64 Å². The number of hydrogen-bond donors (Lipinski definition) is 0. The summed E-state index contributed by atoms with van der Waals surface area (Å²) in [7, 11) is 4.02. The molecule has 3 heterocycles. The Labute approximate surface area is 254 Å². The molecule has 6 aromatic rings. The molecule has 3 aromatic carbocycles. The Bertz CT molecular complexity index is 1780. The standard InChI is InChI=1S/C35H26N4O.Pt/c1-38(2)26-17-20-37-34(23-26)39-21-18-28(24-39)40-27-11-9-10-25(22-27)35(33-16-7-8-19-36-33)31-14-5-3-12-29(31)30-13-4-6-15-32(30)35;/h3-21,23H,1-2H3;/q-2;+2. The van der Waals surface area contributed by atoms with Gasteiger partial charge in [-0.2, -0.15) is 12.1 Å². The largest absolute Gasteiger partial charge is 2.00 e. The number of hydrogen-bond acceptors (Lipinski definition) is 4. The molecule has 7 rings (SSSR count). The van der Waals surface area contributed by atoms with Gasteiger partial charge in [-0.25, -0.2) is 0 Å². The van der Waals surface area contributed by atoms with Crippen LogP contribution in [0.2, 0.25) is 0 Å². The van der Waals surface area contributed by atoms with Crippen LogP contribution in [0.15, 0.2) is 122 Å². The van der Waals surface area contributed by atoms with Crippen LogP contribution >= 0.6 is 0 Å². The summed E-state index contributed by atoms with van der Waals surface area (Å²) in [6.07, 6.45) is 8.84. The van der Waals surface area contributed by atoms with Crippen molar-refractivity contribution in [3.05, 3.63) is 156 Å². The molecular weight excluding hydrogens is 687 g/mol. The Kier molecular flexibility index (Phi) is 7.06. The van der Waals surface area contributed by atoms with Crippen LogP contribution in [0.1, 0.15) is 22.4 Å². The van der Waals surface area contributed by atoms with E-state index in [-0.39, 0.29) is 21.1 Å². The maximum absolute atomic E-state index is 6.32. The van der Waals surface area contributed by atoms with E-state index in [0.717, 1.165) is 22.8 Å². The fraction of sp³-hybridized carbons (Fsp3) is 0.0857. The van der Waals surface area contributed by atoms with E-state index >= 15 is 0 Å². The quantitative estimate of drug-likeness (QED) is 0.173. The minimum Gasteiger partial charge on any atom is -0.502 e. The first-order valence-corrected chi connectivity index (χ1v) is 13.2. The molecule has 0 bridgehead atoms. The van der Waals surface area contributed by atoms with Gasteiger partial charge in [0.2, 0.25) is 0 Å². The molecule has 41 heavy (non-hydrogen) atoms. The van der Waals surface area contributed by atoms with Crippen LogP contribution in [0.25, 0.3) is 16.9 Å². The number of pyridine rings is 2. The molecule has 0 unspecified atom stereocenters. The monoisotopic (exact) mass is 713 g/mol. The summed E-state index contributed by atoms with van der Waals surface area (Å²) in [5.41, 5.74) is 7.15. The molecule has 6 heteroatoms. The van der Waals surface area contributed by atoms with E-state index in [9.17, 15) is 0 Å². The average Bonchev–Trinajstić information content (AvgIpc) is 3.59. The van der Waals surface area contributed by atoms with Crippen molar-refractivity contribution in [2.24, 2.45) is 0 Å². The van der Waals surface area contributed by atoms with Crippen molar-refractivity contribution >= 4 is 5.69 Å². The number of benzene rings is 3. The van der Waals surface area contributed by atoms with Gasteiger partial charge < -0.3 is 14.2 Å². The van der Waals surface area contributed by atoms with E-state index in [4.69, 9.17) is 9.72 Å². The van der Waals surface area contributed by atoms with Crippen LogP contribution in [-0.4, -0.2) is 28.6 Å². The van der Waals surface area contributed by atoms with Gasteiger partial charge in [0.05, 0.1) is 22.7 Å². The summed E-state index contributed by atoms with van der Waals surface area (Å²) in [5.74, 6) is 1.97. The molecule has 0 saturated heterocycles. The van der Waals surface area contributed by atoms with Gasteiger partial charge in [-0.15, -0.1) is 30.0 Å². The maximum Gasteiger partial charge on any atom is 2.00 e. The molecule has 0 amide bonds. The number of nitrogens with zero attached hydrogens (tertiary/aromatic N) is 4. The minimum absolute atomic E-state index is 0. The van der Waals surface area contributed by atoms with E-state index in [0.29, 0.717) is 11.5 Å². The zero-order valence-corrected chi connectivity index (χ0v) is 24.8. The summed E-state index contributed by atoms with van der Waals surface area (Å²) in [6.45, 7) is 0. The third-order valence-electron chi connectivity index (χ3n) is 7.49. The van der Waals surface area contributed by atoms with E-state index in [2.05, 4.69) is 77.9 Å². The van der Waals surface area contributed by atoms with Gasteiger partial charge in [0.15, 0.2) is 0 Å². The predicted octanol–water partition coefficient (Wildman–Crippen LogP) is 7.09. The smallest absolute Gasteiger partial charge is 0.502 e. The molecule has 0 N–H and O–H groups in total. The molecule has 1 aliphatic carbocycles. The first kappa shape index (κ1) is 26.7. The summed E-state index contributed by atoms with van der Waals surface area (Å²) in [6, 6.07) is 38.8. The van der Waals surface area contributed by atoms with Crippen LogP contribution in [0.4, 0.5) is 5.69 Å². The molecule has 0 spiro atoms. The van der Waals surface area contributed by atoms with Gasteiger partial charge in [0.1, 0.15) is 0 Å². The van der Waals surface area contributed by atoms with Gasteiger partial charge >= 0.3 is 21.1 Å². The van der Waals surface area contributed by atoms with Gasteiger partial charge in [-0.1, -0.05) is 54.6 Å². The van der Waals surface area contributed by atoms with E-state index in [1.165, 1.54) is 22.3 Å². The Hall–Kier alpha value is -4.47. The Morgan fingerprint density at radius 1 is 0.732 bits per heavy atom. The molecule has 0 aliphatic heterocycles. The second-order valence-electron chi connectivity index (χ2n) is 10.0. The molecular formula is C35H26N4OPt. The van der Waals surface area contributed by atoms with Crippen molar-refractivity contribution in [2.75, 3.05) is 19.0 Å². The molecule has 0 atom stereocenters. The first-order valence-electron chi connectivity index (χ1n) is 13.2. The molecule has 0 saturated carbocycles. The van der Waals surface area contributed by atoms with Crippen LogP contribution in [-0.2, 0) is 26.5 Å². The van der Waals surface area contributed by atoms with Crippen molar-refractivity contribution in [1.29, 1.82) is 0 Å². The Morgan fingerprint density at radius 2 is 1.46 bits per heavy atom. The number of aromatic nitrogens is 3. The van der Waals surface area contributed by atoms with Crippen molar-refractivity contribution in [3.63, 3.8) is 0 Å². The Balaban J connectivity index is 0.00000302. The molecule has 0 fully saturated rings. The summed E-state index contributed by atoms with van der Waals surface area (Å²) >= 11 is 0. The molecule has 5 nitrogen and oxygen atoms in total. The van der Waals surface area contributed by atoms with Crippen LogP contribution in [0.3, 0.4) is 0 Å². The fourth-order valence-electron chi connectivity index (χ4n) is 5.71. The summed E-state index contributed by atoms with van der Waals surface area (Å²) in [5, 5.41) is 0. The SMILES string of the molecule is CN(C)c1ccnc(-n2[c-]c(Oc3[c-]c(C4(c5ccccn5)c5ccccc5-c5ccccc54)ccc3)cc2)c1.[Pt+2]. The average molecular weight is 714 g/mol. The zero-order valence-electron chi connectivity index (χ0n) is 22.6. The first-order chi connectivity index (χ1) is 19.6. The van der Waals surface area contributed by atoms with E-state index < -0.39 is 5.41 Å². The molecule has 202 valence electrons. The number of anilines is 1. The van der Waals surface area contributed by atoms with Crippen LogP contribution in [0.5, 0.6) is 11.5 Å². The fourth-order valence-corrected chi connectivity index (χ4v) is 5.71. The maximum atomic E-state index is 6.32. The van der Waals surface area contributed by atoms with Crippen molar-refractivity contribution in [3.8, 4) is 28.4 Å². The van der Waals surface area contributed by atoms with Crippen molar-refractivity contribution in [1.82, 2.24) is 14.5 Å². The van der Waals surface area contributed by atoms with Gasteiger partial charge in [0.25, 0.3) is 0 Å². The third-order valence-corrected chi connectivity index (χ3v) is 7.49. The topological polar surface area (TPSA) is 43.2 Å². The molecule has 0 radical (unpaired) electrons. The molecule has 1 aliphatic rings. The summed E-state index contributed by atoms with van der Waals surface area (Å²) in [4.78, 5) is 11.4. The van der Waals surface area contributed by atoms with Gasteiger partial charge in [-0.05, 0) is 52.7 Å². The van der Waals surface area contributed by atoms with Crippen molar-refractivity contribution < 1.29 is 25.8 Å². The van der Waals surface area contributed by atoms with Gasteiger partial charge in [-0.3, -0.25) is 9.97 Å². The predicted molar refractivity (Wildman–Crippen MR) is 157 cm³/mol. The second kappa shape index (κ2) is 10.8. The Morgan fingerprint density at radius 3 is 2.17 bits per heavy atom. The number of rotatable bonds is 6. The molecule has 3 aromatic heterocycles. The van der Waals surface area contributed by atoms with E-state index in [1.807, 2.05) is 78.4 Å². The summed E-state index contributed by atoms with van der Waals surface area (Å²) < 4.78 is 8.16.